The van der Waals surface area contributed by atoms with Crippen LogP contribution in [-0.2, 0) is 7.05 Å². The molecule has 1 aromatic carbocycles. The summed E-state index contributed by atoms with van der Waals surface area (Å²) in [5, 5.41) is 9.38. The topological polar surface area (TPSA) is 109 Å². The maximum absolute atomic E-state index is 14.2. The number of anilines is 2. The fraction of sp³-hybridized carbons (Fsp3) is 0.276. The second kappa shape index (κ2) is 10.2. The predicted octanol–water partition coefficient (Wildman–Crippen LogP) is 4.57. The van der Waals surface area contributed by atoms with Crippen molar-refractivity contribution in [1.82, 2.24) is 19.1 Å². The van der Waals surface area contributed by atoms with Crippen LogP contribution in [-0.4, -0.2) is 46.2 Å². The average Bonchev–Trinajstić information content (AvgIpc) is 3.46. The van der Waals surface area contributed by atoms with E-state index in [1.807, 2.05) is 46.1 Å². The van der Waals surface area contributed by atoms with Gasteiger partial charge in [-0.15, -0.1) is 0 Å². The minimum absolute atomic E-state index is 0.0123. The summed E-state index contributed by atoms with van der Waals surface area (Å²) in [6.45, 7) is 4.08. The van der Waals surface area contributed by atoms with Gasteiger partial charge in [0.1, 0.15) is 11.1 Å². The Morgan fingerprint density at radius 3 is 2.40 bits per heavy atom. The number of rotatable bonds is 6. The number of nitrogens with zero attached hydrogens (tertiary/aromatic N) is 7. The van der Waals surface area contributed by atoms with Crippen LogP contribution in [0.4, 0.5) is 11.6 Å². The van der Waals surface area contributed by atoms with Crippen LogP contribution in [0.3, 0.4) is 0 Å². The molecule has 1 amide bonds. The molecule has 0 unspecified atom stereocenters. The zero-order chi connectivity index (χ0) is 28.9. The standard InChI is InChI=1S/C29H28ClN7O3/c1-16(2)36-23(21-14-32-29(34(3)4)33-26(21)40-6)12-20-25(36)24(18-9-7-17(13-31)8-10-18)37(27(20)38)19-11-22(30)28(39)35(5)15-19/h7-12,14-16,24H,1-6H3/t24-/m1/s1. The number of fused-ring (bicyclic) bond motifs is 1. The van der Waals surface area contributed by atoms with E-state index in [0.717, 1.165) is 17.0 Å². The van der Waals surface area contributed by atoms with Crippen LogP contribution < -0.4 is 20.1 Å². The van der Waals surface area contributed by atoms with Gasteiger partial charge in [-0.3, -0.25) is 14.5 Å². The Bertz CT molecular complexity index is 1710. The van der Waals surface area contributed by atoms with Crippen molar-refractivity contribution in [2.75, 3.05) is 31.0 Å². The second-order valence-electron chi connectivity index (χ2n) is 10.1. The molecule has 0 spiro atoms. The third-order valence-corrected chi connectivity index (χ3v) is 7.20. The van der Waals surface area contributed by atoms with Gasteiger partial charge >= 0.3 is 0 Å². The number of carbonyl (C=O) groups is 1. The van der Waals surface area contributed by atoms with Crippen LogP contribution in [0.1, 0.15) is 53.1 Å². The van der Waals surface area contributed by atoms with E-state index in [1.54, 1.807) is 48.5 Å². The number of carbonyl (C=O) groups excluding carboxylic acids is 1. The molecular formula is C29H28ClN7O3. The smallest absolute Gasteiger partial charge is 0.269 e. The van der Waals surface area contributed by atoms with Gasteiger partial charge in [0.25, 0.3) is 11.5 Å². The first-order chi connectivity index (χ1) is 19.1. The van der Waals surface area contributed by atoms with Crippen LogP contribution in [0.2, 0.25) is 5.02 Å². The fourth-order valence-corrected chi connectivity index (χ4v) is 5.37. The molecule has 0 saturated heterocycles. The number of ether oxygens (including phenoxy) is 1. The Balaban J connectivity index is 1.78. The molecule has 40 heavy (non-hydrogen) atoms. The van der Waals surface area contributed by atoms with Crippen LogP contribution in [0.15, 0.2) is 53.6 Å². The highest BCUT2D eigenvalue weighted by molar-refractivity contribution is 6.30. The highest BCUT2D eigenvalue weighted by Crippen LogP contribution is 2.47. The van der Waals surface area contributed by atoms with Gasteiger partial charge in [0.15, 0.2) is 0 Å². The molecule has 5 rings (SSSR count). The van der Waals surface area contributed by atoms with Crippen molar-refractivity contribution in [3.8, 4) is 23.2 Å². The number of aryl methyl sites for hydroxylation is 1. The quantitative estimate of drug-likeness (QED) is 0.341. The van der Waals surface area contributed by atoms with Crippen LogP contribution in [0.25, 0.3) is 11.3 Å². The zero-order valence-electron chi connectivity index (χ0n) is 23.0. The highest BCUT2D eigenvalue weighted by Gasteiger charge is 2.44. The number of pyridine rings is 1. The average molecular weight is 558 g/mol. The predicted molar refractivity (Wildman–Crippen MR) is 153 cm³/mol. The lowest BCUT2D eigenvalue weighted by Crippen LogP contribution is -2.31. The van der Waals surface area contributed by atoms with Crippen molar-refractivity contribution >= 4 is 29.1 Å². The van der Waals surface area contributed by atoms with Crippen LogP contribution in [0.5, 0.6) is 5.88 Å². The molecular weight excluding hydrogens is 530 g/mol. The fourth-order valence-electron chi connectivity index (χ4n) is 5.13. The number of methoxy groups -OCH3 is 1. The van der Waals surface area contributed by atoms with E-state index in [-0.39, 0.29) is 22.5 Å². The van der Waals surface area contributed by atoms with Crippen molar-refractivity contribution in [3.63, 3.8) is 0 Å². The van der Waals surface area contributed by atoms with E-state index in [4.69, 9.17) is 16.3 Å². The third kappa shape index (κ3) is 4.28. The number of nitriles is 1. The first-order valence-electron chi connectivity index (χ1n) is 12.6. The van der Waals surface area contributed by atoms with Crippen molar-refractivity contribution < 1.29 is 9.53 Å². The Labute approximate surface area is 236 Å². The van der Waals surface area contributed by atoms with Crippen molar-refractivity contribution in [3.05, 3.63) is 86.6 Å². The molecule has 0 fully saturated rings. The third-order valence-electron chi connectivity index (χ3n) is 6.93. The number of hydrogen-bond donors (Lipinski definition) is 0. The summed E-state index contributed by atoms with van der Waals surface area (Å²) in [6, 6.07) is 12.0. The van der Waals surface area contributed by atoms with Crippen molar-refractivity contribution in [2.45, 2.75) is 25.9 Å². The number of halogens is 1. The van der Waals surface area contributed by atoms with E-state index in [0.29, 0.717) is 34.2 Å². The molecule has 0 aliphatic carbocycles. The molecule has 3 aromatic heterocycles. The molecule has 0 N–H and O–H groups in total. The highest BCUT2D eigenvalue weighted by atomic mass is 35.5. The summed E-state index contributed by atoms with van der Waals surface area (Å²) in [4.78, 5) is 39.0. The second-order valence-corrected chi connectivity index (χ2v) is 10.5. The lowest BCUT2D eigenvalue weighted by Gasteiger charge is -2.29. The Morgan fingerprint density at radius 2 is 1.82 bits per heavy atom. The molecule has 11 heteroatoms. The maximum atomic E-state index is 14.2. The number of aromatic nitrogens is 4. The summed E-state index contributed by atoms with van der Waals surface area (Å²) >= 11 is 6.28. The summed E-state index contributed by atoms with van der Waals surface area (Å²) in [5.41, 5.74) is 4.10. The molecule has 4 aromatic rings. The van der Waals surface area contributed by atoms with Gasteiger partial charge in [-0.2, -0.15) is 10.2 Å². The molecule has 0 saturated carbocycles. The first-order valence-corrected chi connectivity index (χ1v) is 13.0. The molecule has 204 valence electrons. The summed E-state index contributed by atoms with van der Waals surface area (Å²) < 4.78 is 9.11. The molecule has 0 bridgehead atoms. The monoisotopic (exact) mass is 557 g/mol. The van der Waals surface area contributed by atoms with Gasteiger partial charge in [-0.25, -0.2) is 4.98 Å². The lowest BCUT2D eigenvalue weighted by atomic mass is 10.0. The summed E-state index contributed by atoms with van der Waals surface area (Å²) in [6.07, 6.45) is 3.31. The Hall–Kier alpha value is -4.62. The van der Waals surface area contributed by atoms with E-state index in [1.165, 1.54) is 10.6 Å². The molecule has 1 aliphatic rings. The maximum Gasteiger partial charge on any atom is 0.269 e. The van der Waals surface area contributed by atoms with Gasteiger partial charge < -0.3 is 18.8 Å². The van der Waals surface area contributed by atoms with Gasteiger partial charge in [-0.1, -0.05) is 23.7 Å². The Kier molecular flexibility index (Phi) is 6.85. The van der Waals surface area contributed by atoms with E-state index in [9.17, 15) is 14.9 Å². The lowest BCUT2D eigenvalue weighted by molar-refractivity contribution is 0.0993. The van der Waals surface area contributed by atoms with Gasteiger partial charge in [0.2, 0.25) is 11.8 Å². The molecule has 0 radical (unpaired) electrons. The van der Waals surface area contributed by atoms with E-state index >= 15 is 0 Å². The molecule has 4 heterocycles. The largest absolute Gasteiger partial charge is 0.480 e. The first kappa shape index (κ1) is 27.0. The van der Waals surface area contributed by atoms with E-state index in [2.05, 4.69) is 20.6 Å². The summed E-state index contributed by atoms with van der Waals surface area (Å²) in [7, 11) is 6.84. The Morgan fingerprint density at radius 1 is 1.12 bits per heavy atom. The normalized spacial score (nSPS) is 14.4. The molecule has 1 atom stereocenters. The van der Waals surface area contributed by atoms with Crippen molar-refractivity contribution in [2.24, 2.45) is 7.05 Å². The van der Waals surface area contributed by atoms with Crippen LogP contribution in [0, 0.1) is 11.3 Å². The minimum atomic E-state index is -0.562. The number of amides is 1. The van der Waals surface area contributed by atoms with Crippen molar-refractivity contribution in [1.29, 1.82) is 5.26 Å². The summed E-state index contributed by atoms with van der Waals surface area (Å²) in [5.74, 6) is 0.644. The molecule has 10 nitrogen and oxygen atoms in total. The SMILES string of the molecule is COc1nc(N(C)C)ncc1-c1cc2c(n1C(C)C)[C@@H](c1ccc(C#N)cc1)N(c1cc(Cl)c(=O)n(C)c1)C2=O. The van der Waals surface area contributed by atoms with Gasteiger partial charge in [-0.05, 0) is 43.7 Å². The number of benzene rings is 1. The zero-order valence-corrected chi connectivity index (χ0v) is 23.8. The van der Waals surface area contributed by atoms with E-state index < -0.39 is 6.04 Å². The minimum Gasteiger partial charge on any atom is -0.480 e. The molecule has 1 aliphatic heterocycles. The number of hydrogen-bond acceptors (Lipinski definition) is 7. The van der Waals surface area contributed by atoms with Crippen LogP contribution >= 0.6 is 11.6 Å². The van der Waals surface area contributed by atoms with Gasteiger partial charge in [0, 0.05) is 39.6 Å². The van der Waals surface area contributed by atoms with Gasteiger partial charge in [0.05, 0.1) is 46.9 Å².